The summed E-state index contributed by atoms with van der Waals surface area (Å²) in [5.41, 5.74) is 2.28. The number of hydrogen-bond acceptors (Lipinski definition) is 4. The fourth-order valence-corrected chi connectivity index (χ4v) is 3.87. The van der Waals surface area contributed by atoms with E-state index in [1.54, 1.807) is 12.1 Å². The van der Waals surface area contributed by atoms with Crippen molar-refractivity contribution in [1.29, 1.82) is 5.26 Å². The third kappa shape index (κ3) is 4.07. The zero-order valence-electron chi connectivity index (χ0n) is 16.2. The minimum absolute atomic E-state index is 0.0900. The average Bonchev–Trinajstić information content (AvgIpc) is 2.69. The van der Waals surface area contributed by atoms with Gasteiger partial charge in [-0.05, 0) is 37.5 Å². The second kappa shape index (κ2) is 8.26. The molecule has 1 aliphatic carbocycles. The topological polar surface area (TPSA) is 79.2 Å². The van der Waals surface area contributed by atoms with Crippen molar-refractivity contribution in [2.45, 2.75) is 51.4 Å². The minimum atomic E-state index is -0.590. The van der Waals surface area contributed by atoms with Crippen LogP contribution in [0.3, 0.4) is 0 Å². The van der Waals surface area contributed by atoms with Gasteiger partial charge in [0.15, 0.2) is 0 Å². The number of ether oxygens (including phenoxy) is 1. The SMILES string of the molecule is CC(=O)Oc1ccc(NC(=O)C2(c3ccc(C)cc3)CCCCC2)c(C#N)c1. The molecule has 2 aromatic carbocycles. The van der Waals surface area contributed by atoms with Crippen molar-refractivity contribution in [2.75, 3.05) is 5.32 Å². The summed E-state index contributed by atoms with van der Waals surface area (Å²) in [6.45, 7) is 3.33. The van der Waals surface area contributed by atoms with Gasteiger partial charge >= 0.3 is 5.97 Å². The largest absolute Gasteiger partial charge is 0.427 e. The Morgan fingerprint density at radius 3 is 2.36 bits per heavy atom. The van der Waals surface area contributed by atoms with Gasteiger partial charge in [0.2, 0.25) is 5.91 Å². The lowest BCUT2D eigenvalue weighted by Crippen LogP contribution is -2.42. The molecule has 0 spiro atoms. The maximum Gasteiger partial charge on any atom is 0.308 e. The highest BCUT2D eigenvalue weighted by atomic mass is 16.5. The molecule has 0 bridgehead atoms. The lowest BCUT2D eigenvalue weighted by Gasteiger charge is -2.36. The highest BCUT2D eigenvalue weighted by Gasteiger charge is 2.41. The molecule has 1 N–H and O–H groups in total. The Kier molecular flexibility index (Phi) is 5.79. The molecule has 1 aliphatic rings. The van der Waals surface area contributed by atoms with E-state index in [-0.39, 0.29) is 17.2 Å². The molecule has 0 aromatic heterocycles. The van der Waals surface area contributed by atoms with Crippen LogP contribution in [0.15, 0.2) is 42.5 Å². The molecule has 0 aliphatic heterocycles. The molecule has 0 radical (unpaired) electrons. The molecule has 144 valence electrons. The van der Waals surface area contributed by atoms with E-state index >= 15 is 0 Å². The van der Waals surface area contributed by atoms with Crippen LogP contribution in [0.1, 0.15) is 55.7 Å². The summed E-state index contributed by atoms with van der Waals surface area (Å²) in [5.74, 6) is -0.262. The molecule has 0 saturated heterocycles. The molecule has 0 atom stereocenters. The maximum absolute atomic E-state index is 13.4. The van der Waals surface area contributed by atoms with E-state index < -0.39 is 11.4 Å². The lowest BCUT2D eigenvalue weighted by atomic mass is 9.68. The van der Waals surface area contributed by atoms with Crippen molar-refractivity contribution < 1.29 is 14.3 Å². The van der Waals surface area contributed by atoms with Gasteiger partial charge in [0.25, 0.3) is 0 Å². The van der Waals surface area contributed by atoms with Gasteiger partial charge in [-0.15, -0.1) is 0 Å². The van der Waals surface area contributed by atoms with E-state index in [9.17, 15) is 14.9 Å². The van der Waals surface area contributed by atoms with Crippen LogP contribution < -0.4 is 10.1 Å². The molecule has 0 heterocycles. The molecule has 1 saturated carbocycles. The van der Waals surface area contributed by atoms with Crippen LogP contribution >= 0.6 is 0 Å². The number of hydrogen-bond donors (Lipinski definition) is 1. The predicted molar refractivity (Wildman–Crippen MR) is 107 cm³/mol. The maximum atomic E-state index is 13.4. The number of benzene rings is 2. The fourth-order valence-electron chi connectivity index (χ4n) is 3.87. The van der Waals surface area contributed by atoms with Crippen molar-refractivity contribution >= 4 is 17.6 Å². The predicted octanol–water partition coefficient (Wildman–Crippen LogP) is 4.63. The number of esters is 1. The quantitative estimate of drug-likeness (QED) is 0.623. The second-order valence-corrected chi connectivity index (χ2v) is 7.38. The highest BCUT2D eigenvalue weighted by molar-refractivity contribution is 6.00. The second-order valence-electron chi connectivity index (χ2n) is 7.38. The summed E-state index contributed by atoms with van der Waals surface area (Å²) < 4.78 is 5.03. The Labute approximate surface area is 165 Å². The summed E-state index contributed by atoms with van der Waals surface area (Å²) in [6, 6.07) is 14.9. The number of aryl methyl sites for hydroxylation is 1. The van der Waals surface area contributed by atoms with Gasteiger partial charge in [-0.2, -0.15) is 5.26 Å². The number of carbonyl (C=O) groups excluding carboxylic acids is 2. The van der Waals surface area contributed by atoms with Crippen LogP contribution in [0.4, 0.5) is 5.69 Å². The van der Waals surface area contributed by atoms with Crippen molar-refractivity contribution in [1.82, 2.24) is 0 Å². The summed E-state index contributed by atoms with van der Waals surface area (Å²) in [4.78, 5) is 24.5. The van der Waals surface area contributed by atoms with Crippen molar-refractivity contribution in [2.24, 2.45) is 0 Å². The van der Waals surface area contributed by atoms with Crippen molar-refractivity contribution in [3.8, 4) is 11.8 Å². The molecular weight excluding hydrogens is 352 g/mol. The average molecular weight is 376 g/mol. The van der Waals surface area contributed by atoms with Crippen LogP contribution in [0.2, 0.25) is 0 Å². The van der Waals surface area contributed by atoms with E-state index in [4.69, 9.17) is 4.74 Å². The van der Waals surface area contributed by atoms with Crippen molar-refractivity contribution in [3.63, 3.8) is 0 Å². The molecule has 0 unspecified atom stereocenters. The van der Waals surface area contributed by atoms with Gasteiger partial charge in [-0.3, -0.25) is 9.59 Å². The Morgan fingerprint density at radius 1 is 1.07 bits per heavy atom. The molecule has 5 nitrogen and oxygen atoms in total. The van der Waals surface area contributed by atoms with E-state index in [1.165, 1.54) is 13.0 Å². The zero-order chi connectivity index (χ0) is 20.1. The normalized spacial score (nSPS) is 15.3. The fraction of sp³-hybridized carbons (Fsp3) is 0.348. The van der Waals surface area contributed by atoms with E-state index in [0.29, 0.717) is 5.69 Å². The van der Waals surface area contributed by atoms with Gasteiger partial charge in [-0.25, -0.2) is 0 Å². The van der Waals surface area contributed by atoms with Crippen molar-refractivity contribution in [3.05, 3.63) is 59.2 Å². The summed E-state index contributed by atoms with van der Waals surface area (Å²) in [6.07, 6.45) is 4.70. The van der Waals surface area contributed by atoms with Crippen LogP contribution in [-0.2, 0) is 15.0 Å². The smallest absolute Gasteiger partial charge is 0.308 e. The van der Waals surface area contributed by atoms with Gasteiger partial charge in [0.05, 0.1) is 16.7 Å². The summed E-state index contributed by atoms with van der Waals surface area (Å²) in [7, 11) is 0. The van der Waals surface area contributed by atoms with Gasteiger partial charge < -0.3 is 10.1 Å². The van der Waals surface area contributed by atoms with Crippen LogP contribution in [0, 0.1) is 18.3 Å². The Hall–Kier alpha value is -3.13. The number of nitrogens with one attached hydrogen (secondary N) is 1. The molecule has 3 rings (SSSR count). The monoisotopic (exact) mass is 376 g/mol. The number of amides is 1. The molecule has 28 heavy (non-hydrogen) atoms. The first-order valence-electron chi connectivity index (χ1n) is 9.56. The third-order valence-corrected chi connectivity index (χ3v) is 5.37. The Balaban J connectivity index is 1.91. The van der Waals surface area contributed by atoms with Crippen LogP contribution in [0.5, 0.6) is 5.75 Å². The Bertz CT molecular complexity index is 920. The van der Waals surface area contributed by atoms with Crippen LogP contribution in [-0.4, -0.2) is 11.9 Å². The van der Waals surface area contributed by atoms with E-state index in [1.807, 2.05) is 31.2 Å². The van der Waals surface area contributed by atoms with Gasteiger partial charge in [0.1, 0.15) is 11.8 Å². The van der Waals surface area contributed by atoms with Crippen LogP contribution in [0.25, 0.3) is 0 Å². The highest BCUT2D eigenvalue weighted by Crippen LogP contribution is 2.41. The lowest BCUT2D eigenvalue weighted by molar-refractivity contribution is -0.131. The first kappa shape index (κ1) is 19.6. The molecule has 1 fully saturated rings. The number of carbonyl (C=O) groups is 2. The Morgan fingerprint density at radius 2 is 1.75 bits per heavy atom. The third-order valence-electron chi connectivity index (χ3n) is 5.37. The van der Waals surface area contributed by atoms with E-state index in [2.05, 4.69) is 11.4 Å². The van der Waals surface area contributed by atoms with Gasteiger partial charge in [0, 0.05) is 13.0 Å². The first-order valence-corrected chi connectivity index (χ1v) is 9.56. The molecule has 2 aromatic rings. The molecular formula is C23H24N2O3. The van der Waals surface area contributed by atoms with Gasteiger partial charge in [-0.1, -0.05) is 49.1 Å². The standard InChI is InChI=1S/C23H24N2O3/c1-16-6-8-19(9-7-16)23(12-4-3-5-13-23)22(27)25-21-11-10-20(28-17(2)26)14-18(21)15-24/h6-11,14H,3-5,12-13H2,1-2H3,(H,25,27). The zero-order valence-corrected chi connectivity index (χ0v) is 16.2. The number of nitriles is 1. The number of rotatable bonds is 4. The first-order chi connectivity index (χ1) is 13.4. The minimum Gasteiger partial charge on any atom is -0.427 e. The summed E-state index contributed by atoms with van der Waals surface area (Å²) >= 11 is 0. The molecule has 1 amide bonds. The summed E-state index contributed by atoms with van der Waals surface area (Å²) in [5, 5.41) is 12.4. The van der Waals surface area contributed by atoms with E-state index in [0.717, 1.165) is 43.2 Å². The number of anilines is 1. The molecule has 5 heteroatoms. The number of nitrogens with zero attached hydrogens (tertiary/aromatic N) is 1.